The average Bonchev–Trinajstić information content (AvgIpc) is 2.73. The van der Waals surface area contributed by atoms with E-state index in [0.29, 0.717) is 16.8 Å². The standard InChI is InChI=1S/C21H18N4O3/c1-14(26)15-5-7-17(8-6-15)25-20(27)16-9-11-23-19(12-16)21(28)24-13-18-4-2-3-10-22-18/h2-12H,13H2,1H3,(H,24,28)(H,25,27). The highest BCUT2D eigenvalue weighted by Crippen LogP contribution is 2.12. The van der Waals surface area contributed by atoms with Gasteiger partial charge in [-0.2, -0.15) is 0 Å². The lowest BCUT2D eigenvalue weighted by molar-refractivity contribution is 0.0944. The van der Waals surface area contributed by atoms with Crippen molar-refractivity contribution >= 4 is 23.3 Å². The predicted molar refractivity (Wildman–Crippen MR) is 104 cm³/mol. The first-order chi connectivity index (χ1) is 13.5. The van der Waals surface area contributed by atoms with Crippen LogP contribution in [0.2, 0.25) is 0 Å². The second kappa shape index (κ2) is 8.68. The zero-order valence-corrected chi connectivity index (χ0v) is 15.2. The summed E-state index contributed by atoms with van der Waals surface area (Å²) >= 11 is 0. The van der Waals surface area contributed by atoms with Gasteiger partial charge < -0.3 is 10.6 Å². The summed E-state index contributed by atoms with van der Waals surface area (Å²) in [5.41, 5.74) is 2.27. The molecule has 0 saturated carbocycles. The van der Waals surface area contributed by atoms with Crippen LogP contribution in [0.4, 0.5) is 5.69 Å². The SMILES string of the molecule is CC(=O)c1ccc(NC(=O)c2ccnc(C(=O)NCc3ccccn3)c2)cc1. The number of nitrogens with one attached hydrogen (secondary N) is 2. The smallest absolute Gasteiger partial charge is 0.270 e. The Labute approximate surface area is 161 Å². The zero-order chi connectivity index (χ0) is 19.9. The molecule has 2 heterocycles. The van der Waals surface area contributed by atoms with Crippen LogP contribution in [0.5, 0.6) is 0 Å². The van der Waals surface area contributed by atoms with Gasteiger partial charge in [0.1, 0.15) is 5.69 Å². The Morgan fingerprint density at radius 2 is 1.64 bits per heavy atom. The molecule has 0 bridgehead atoms. The van der Waals surface area contributed by atoms with Crippen LogP contribution in [0.15, 0.2) is 67.0 Å². The topological polar surface area (TPSA) is 101 Å². The number of amides is 2. The largest absolute Gasteiger partial charge is 0.345 e. The molecule has 0 radical (unpaired) electrons. The Balaban J connectivity index is 1.65. The maximum atomic E-state index is 12.4. The summed E-state index contributed by atoms with van der Waals surface area (Å²) in [6, 6.07) is 15.0. The fourth-order valence-corrected chi connectivity index (χ4v) is 2.45. The number of rotatable bonds is 6. The number of carbonyl (C=O) groups excluding carboxylic acids is 3. The number of anilines is 1. The fraction of sp³-hybridized carbons (Fsp3) is 0.0952. The van der Waals surface area contributed by atoms with Crippen LogP contribution in [0.3, 0.4) is 0 Å². The molecule has 0 atom stereocenters. The Morgan fingerprint density at radius 3 is 2.32 bits per heavy atom. The number of carbonyl (C=O) groups is 3. The molecule has 1 aromatic carbocycles. The molecule has 28 heavy (non-hydrogen) atoms. The molecule has 0 unspecified atom stereocenters. The van der Waals surface area contributed by atoms with Gasteiger partial charge in [0.05, 0.1) is 12.2 Å². The normalized spacial score (nSPS) is 10.2. The maximum absolute atomic E-state index is 12.4. The molecule has 7 heteroatoms. The third-order valence-electron chi connectivity index (χ3n) is 3.96. The van der Waals surface area contributed by atoms with Crippen molar-refractivity contribution in [1.82, 2.24) is 15.3 Å². The Morgan fingerprint density at radius 1 is 0.857 bits per heavy atom. The van der Waals surface area contributed by atoms with Crippen LogP contribution in [0, 0.1) is 0 Å². The minimum Gasteiger partial charge on any atom is -0.345 e. The second-order valence-electron chi connectivity index (χ2n) is 6.02. The van der Waals surface area contributed by atoms with Gasteiger partial charge in [0.15, 0.2) is 5.78 Å². The van der Waals surface area contributed by atoms with Crippen molar-refractivity contribution in [1.29, 1.82) is 0 Å². The molecular formula is C21H18N4O3. The van der Waals surface area contributed by atoms with Crippen LogP contribution in [0.1, 0.15) is 43.8 Å². The summed E-state index contributed by atoms with van der Waals surface area (Å²) in [7, 11) is 0. The quantitative estimate of drug-likeness (QED) is 0.646. The molecule has 0 aliphatic carbocycles. The van der Waals surface area contributed by atoms with Gasteiger partial charge in [-0.3, -0.25) is 24.4 Å². The molecule has 3 aromatic rings. The molecular weight excluding hydrogens is 356 g/mol. The third kappa shape index (κ3) is 4.85. The van der Waals surface area contributed by atoms with Crippen molar-refractivity contribution in [2.75, 3.05) is 5.32 Å². The van der Waals surface area contributed by atoms with E-state index in [-0.39, 0.29) is 23.9 Å². The molecule has 0 fully saturated rings. The maximum Gasteiger partial charge on any atom is 0.270 e. The van der Waals surface area contributed by atoms with Gasteiger partial charge in [0.2, 0.25) is 0 Å². The van der Waals surface area contributed by atoms with E-state index in [2.05, 4.69) is 20.6 Å². The zero-order valence-electron chi connectivity index (χ0n) is 15.2. The molecule has 0 aliphatic rings. The number of aromatic nitrogens is 2. The summed E-state index contributed by atoms with van der Waals surface area (Å²) in [6.07, 6.45) is 3.05. The summed E-state index contributed by atoms with van der Waals surface area (Å²) in [4.78, 5) is 44.2. The number of nitrogens with zero attached hydrogens (tertiary/aromatic N) is 2. The number of pyridine rings is 2. The number of hydrogen-bond donors (Lipinski definition) is 2. The van der Waals surface area contributed by atoms with Crippen molar-refractivity contribution in [3.63, 3.8) is 0 Å². The van der Waals surface area contributed by atoms with E-state index in [1.54, 1.807) is 42.6 Å². The highest BCUT2D eigenvalue weighted by atomic mass is 16.2. The van der Waals surface area contributed by atoms with Crippen molar-refractivity contribution in [3.05, 3.63) is 89.5 Å². The molecule has 3 rings (SSSR count). The van der Waals surface area contributed by atoms with Crippen molar-refractivity contribution in [3.8, 4) is 0 Å². The van der Waals surface area contributed by atoms with Gasteiger partial charge in [-0.05, 0) is 55.5 Å². The Kier molecular flexibility index (Phi) is 5.86. The van der Waals surface area contributed by atoms with Crippen LogP contribution in [-0.4, -0.2) is 27.6 Å². The van der Waals surface area contributed by atoms with Crippen molar-refractivity contribution < 1.29 is 14.4 Å². The molecule has 0 saturated heterocycles. The van der Waals surface area contributed by atoms with Crippen molar-refractivity contribution in [2.24, 2.45) is 0 Å². The molecule has 2 amide bonds. The first-order valence-corrected chi connectivity index (χ1v) is 8.59. The first kappa shape index (κ1) is 18.9. The molecule has 0 spiro atoms. The van der Waals surface area contributed by atoms with Gasteiger partial charge in [-0.1, -0.05) is 6.07 Å². The van der Waals surface area contributed by atoms with Crippen LogP contribution in [0.25, 0.3) is 0 Å². The minimum atomic E-state index is -0.397. The number of hydrogen-bond acceptors (Lipinski definition) is 5. The van der Waals surface area contributed by atoms with E-state index < -0.39 is 5.91 Å². The van der Waals surface area contributed by atoms with Gasteiger partial charge >= 0.3 is 0 Å². The first-order valence-electron chi connectivity index (χ1n) is 8.59. The van der Waals surface area contributed by atoms with Gasteiger partial charge in [-0.25, -0.2) is 0 Å². The van der Waals surface area contributed by atoms with Crippen LogP contribution >= 0.6 is 0 Å². The summed E-state index contributed by atoms with van der Waals surface area (Å²) in [5.74, 6) is -0.823. The van der Waals surface area contributed by atoms with E-state index >= 15 is 0 Å². The molecule has 140 valence electrons. The average molecular weight is 374 g/mol. The van der Waals surface area contributed by atoms with Gasteiger partial charge in [0.25, 0.3) is 11.8 Å². The van der Waals surface area contributed by atoms with Gasteiger partial charge in [-0.15, -0.1) is 0 Å². The van der Waals surface area contributed by atoms with E-state index in [0.717, 1.165) is 5.69 Å². The fourth-order valence-electron chi connectivity index (χ4n) is 2.45. The third-order valence-corrected chi connectivity index (χ3v) is 3.96. The summed E-state index contributed by atoms with van der Waals surface area (Å²) in [5, 5.41) is 5.45. The summed E-state index contributed by atoms with van der Waals surface area (Å²) < 4.78 is 0. The van der Waals surface area contributed by atoms with E-state index in [1.165, 1.54) is 25.3 Å². The highest BCUT2D eigenvalue weighted by molar-refractivity contribution is 6.06. The Hall–Kier alpha value is -3.87. The monoisotopic (exact) mass is 374 g/mol. The lowest BCUT2D eigenvalue weighted by Crippen LogP contribution is -2.24. The molecule has 0 aliphatic heterocycles. The molecule has 7 nitrogen and oxygen atoms in total. The number of Topliss-reactive ketones (excluding diaryl/α,β-unsaturated/α-hetero) is 1. The Bertz CT molecular complexity index is 1000. The molecule has 2 aromatic heterocycles. The number of benzene rings is 1. The highest BCUT2D eigenvalue weighted by Gasteiger charge is 2.12. The van der Waals surface area contributed by atoms with Crippen LogP contribution < -0.4 is 10.6 Å². The minimum absolute atomic E-state index is 0.0478. The summed E-state index contributed by atoms with van der Waals surface area (Å²) in [6.45, 7) is 1.74. The van der Waals surface area contributed by atoms with E-state index in [9.17, 15) is 14.4 Å². The van der Waals surface area contributed by atoms with E-state index in [4.69, 9.17) is 0 Å². The predicted octanol–water partition coefficient (Wildman–Crippen LogP) is 2.86. The number of ketones is 1. The van der Waals surface area contributed by atoms with Crippen molar-refractivity contribution in [2.45, 2.75) is 13.5 Å². The van der Waals surface area contributed by atoms with Crippen LogP contribution in [-0.2, 0) is 6.54 Å². The van der Waals surface area contributed by atoms with E-state index in [1.807, 2.05) is 6.07 Å². The second-order valence-corrected chi connectivity index (χ2v) is 6.02. The molecule has 2 N–H and O–H groups in total. The lowest BCUT2D eigenvalue weighted by Gasteiger charge is -2.08. The van der Waals surface area contributed by atoms with Gasteiger partial charge in [0, 0.05) is 29.2 Å². The lowest BCUT2D eigenvalue weighted by atomic mass is 10.1.